The van der Waals surface area contributed by atoms with Crippen molar-refractivity contribution in [1.82, 2.24) is 0 Å². The van der Waals surface area contributed by atoms with Crippen molar-refractivity contribution in [3.8, 4) is 11.5 Å². The van der Waals surface area contributed by atoms with Gasteiger partial charge in [0.05, 0.1) is 6.10 Å². The lowest BCUT2D eigenvalue weighted by molar-refractivity contribution is 0.152. The summed E-state index contributed by atoms with van der Waals surface area (Å²) in [5.74, 6) is 0.816. The monoisotopic (exact) mass is 287 g/mol. The lowest BCUT2D eigenvalue weighted by Gasteiger charge is -2.09. The molecule has 5 nitrogen and oxygen atoms in total. The van der Waals surface area contributed by atoms with Crippen LogP contribution in [0.2, 0.25) is 0 Å². The van der Waals surface area contributed by atoms with Crippen molar-refractivity contribution < 1.29 is 19.4 Å². The van der Waals surface area contributed by atoms with Gasteiger partial charge in [-0.25, -0.2) is 4.79 Å². The van der Waals surface area contributed by atoms with Crippen LogP contribution in [0, 0.1) is 0 Å². The molecule has 2 rings (SSSR count). The second-order valence-electron chi connectivity index (χ2n) is 4.52. The number of carbonyl (C=O) groups excluding carboxylic acids is 1. The van der Waals surface area contributed by atoms with Crippen LogP contribution in [0.1, 0.15) is 6.92 Å². The van der Waals surface area contributed by atoms with Crippen LogP contribution in [0.3, 0.4) is 0 Å². The fraction of sp³-hybridized carbons (Fsp3) is 0.188. The van der Waals surface area contributed by atoms with Crippen molar-refractivity contribution in [3.05, 3.63) is 54.6 Å². The normalized spacial score (nSPS) is 11.5. The number of rotatable bonds is 5. The van der Waals surface area contributed by atoms with E-state index in [0.29, 0.717) is 18.0 Å². The van der Waals surface area contributed by atoms with E-state index in [0.717, 1.165) is 5.69 Å². The van der Waals surface area contributed by atoms with Crippen LogP contribution in [-0.4, -0.2) is 23.9 Å². The van der Waals surface area contributed by atoms with Gasteiger partial charge in [-0.1, -0.05) is 18.2 Å². The molecule has 1 unspecified atom stereocenters. The molecule has 2 N–H and O–H groups in total. The Kier molecular flexibility index (Phi) is 5.17. The van der Waals surface area contributed by atoms with Crippen molar-refractivity contribution in [2.75, 3.05) is 11.9 Å². The van der Waals surface area contributed by atoms with Gasteiger partial charge < -0.3 is 19.9 Å². The first-order chi connectivity index (χ1) is 10.1. The van der Waals surface area contributed by atoms with E-state index in [1.54, 1.807) is 55.5 Å². The maximum absolute atomic E-state index is 11.6. The Morgan fingerprint density at radius 1 is 1.05 bits per heavy atom. The molecule has 0 radical (unpaired) electrons. The first-order valence-corrected chi connectivity index (χ1v) is 6.60. The molecule has 0 aliphatic carbocycles. The number of ether oxygens (including phenoxy) is 2. The maximum atomic E-state index is 11.6. The first kappa shape index (κ1) is 14.9. The van der Waals surface area contributed by atoms with Gasteiger partial charge in [0.25, 0.3) is 0 Å². The molecule has 1 atom stereocenters. The number of hydrogen-bond donors (Lipinski definition) is 2. The highest BCUT2D eigenvalue weighted by Crippen LogP contribution is 2.17. The highest BCUT2D eigenvalue weighted by Gasteiger charge is 2.07. The summed E-state index contributed by atoms with van der Waals surface area (Å²) in [5.41, 5.74) is 0.833. The zero-order valence-corrected chi connectivity index (χ0v) is 11.7. The summed E-state index contributed by atoms with van der Waals surface area (Å²) in [6.45, 7) is 2.15. The number of aliphatic hydroxyl groups excluding tert-OH is 1. The summed E-state index contributed by atoms with van der Waals surface area (Å²) in [5, 5.41) is 12.2. The lowest BCUT2D eigenvalue weighted by Crippen LogP contribution is -2.15. The molecule has 0 saturated carbocycles. The number of hydrogen-bond acceptors (Lipinski definition) is 5. The van der Waals surface area contributed by atoms with Gasteiger partial charge in [-0.05, 0) is 43.3 Å². The third-order valence-electron chi connectivity index (χ3n) is 2.60. The fourth-order valence-electron chi connectivity index (χ4n) is 1.61. The average Bonchev–Trinajstić information content (AvgIpc) is 2.47. The highest BCUT2D eigenvalue weighted by atomic mass is 16.7. The van der Waals surface area contributed by atoms with Crippen LogP contribution in [0.5, 0.6) is 11.5 Å². The largest absolute Gasteiger partial charge is 0.519 e. The smallest absolute Gasteiger partial charge is 0.395 e. The molecular weight excluding hydrogens is 270 g/mol. The summed E-state index contributed by atoms with van der Waals surface area (Å²) in [6.07, 6.45) is -1.22. The Morgan fingerprint density at radius 3 is 2.19 bits per heavy atom. The molecule has 0 aliphatic rings. The van der Waals surface area contributed by atoms with E-state index in [2.05, 4.69) is 5.32 Å². The second-order valence-corrected chi connectivity index (χ2v) is 4.52. The topological polar surface area (TPSA) is 67.8 Å². The Balaban J connectivity index is 1.86. The van der Waals surface area contributed by atoms with Gasteiger partial charge in [0.2, 0.25) is 0 Å². The molecule has 5 heteroatoms. The minimum absolute atomic E-state index is 0.388. The maximum Gasteiger partial charge on any atom is 0.519 e. The predicted octanol–water partition coefficient (Wildman–Crippen LogP) is 3.06. The molecule has 0 fully saturated rings. The summed E-state index contributed by atoms with van der Waals surface area (Å²) in [6, 6.07) is 15.5. The average molecular weight is 287 g/mol. The van der Waals surface area contributed by atoms with E-state index in [1.807, 2.05) is 6.07 Å². The van der Waals surface area contributed by atoms with E-state index >= 15 is 0 Å². The van der Waals surface area contributed by atoms with Crippen LogP contribution >= 0.6 is 0 Å². The Hall–Kier alpha value is -2.53. The van der Waals surface area contributed by atoms with Crippen molar-refractivity contribution >= 4 is 11.8 Å². The SMILES string of the molecule is CC(O)CNc1ccc(OC(=O)Oc2ccccc2)cc1. The van der Waals surface area contributed by atoms with Gasteiger partial charge in [0.15, 0.2) is 0 Å². The van der Waals surface area contributed by atoms with Crippen LogP contribution in [0.15, 0.2) is 54.6 Å². The Labute approximate surface area is 123 Å². The standard InChI is InChI=1S/C16H17NO4/c1-12(18)11-17-13-7-9-15(10-8-13)21-16(19)20-14-5-3-2-4-6-14/h2-10,12,17-18H,11H2,1H3. The van der Waals surface area contributed by atoms with Gasteiger partial charge >= 0.3 is 6.16 Å². The summed E-state index contributed by atoms with van der Waals surface area (Å²) in [7, 11) is 0. The molecule has 0 amide bonds. The number of aliphatic hydroxyl groups is 1. The minimum Gasteiger partial charge on any atom is -0.395 e. The zero-order chi connectivity index (χ0) is 15.1. The van der Waals surface area contributed by atoms with Crippen LogP contribution in [-0.2, 0) is 0 Å². The number of anilines is 1. The summed E-state index contributed by atoms with van der Waals surface area (Å²) in [4.78, 5) is 11.6. The quantitative estimate of drug-likeness (QED) is 0.653. The number of benzene rings is 2. The molecule has 0 aliphatic heterocycles. The molecule has 2 aromatic carbocycles. The van der Waals surface area contributed by atoms with Crippen molar-refractivity contribution in [2.45, 2.75) is 13.0 Å². The third kappa shape index (κ3) is 5.16. The molecule has 110 valence electrons. The highest BCUT2D eigenvalue weighted by molar-refractivity contribution is 5.67. The van der Waals surface area contributed by atoms with E-state index in [4.69, 9.17) is 9.47 Å². The van der Waals surface area contributed by atoms with E-state index in [9.17, 15) is 9.90 Å². The summed E-state index contributed by atoms with van der Waals surface area (Å²) < 4.78 is 10.1. The third-order valence-corrected chi connectivity index (χ3v) is 2.60. The van der Waals surface area contributed by atoms with Gasteiger partial charge in [-0.2, -0.15) is 0 Å². The van der Waals surface area contributed by atoms with E-state index in [-0.39, 0.29) is 0 Å². The van der Waals surface area contributed by atoms with Gasteiger partial charge in [0.1, 0.15) is 11.5 Å². The zero-order valence-electron chi connectivity index (χ0n) is 11.7. The van der Waals surface area contributed by atoms with Crippen LogP contribution < -0.4 is 14.8 Å². The van der Waals surface area contributed by atoms with Crippen molar-refractivity contribution in [3.63, 3.8) is 0 Å². The van der Waals surface area contributed by atoms with E-state index < -0.39 is 12.3 Å². The van der Waals surface area contributed by atoms with Crippen molar-refractivity contribution in [2.24, 2.45) is 0 Å². The predicted molar refractivity (Wildman–Crippen MR) is 79.7 cm³/mol. The van der Waals surface area contributed by atoms with Crippen molar-refractivity contribution in [1.29, 1.82) is 0 Å². The number of nitrogens with one attached hydrogen (secondary N) is 1. The molecule has 21 heavy (non-hydrogen) atoms. The van der Waals surface area contributed by atoms with Crippen LogP contribution in [0.25, 0.3) is 0 Å². The minimum atomic E-state index is -0.786. The Bertz CT molecular complexity index is 567. The summed E-state index contributed by atoms with van der Waals surface area (Å²) >= 11 is 0. The first-order valence-electron chi connectivity index (χ1n) is 6.60. The van der Waals surface area contributed by atoms with E-state index in [1.165, 1.54) is 0 Å². The van der Waals surface area contributed by atoms with Gasteiger partial charge in [-0.15, -0.1) is 0 Å². The molecule has 0 heterocycles. The van der Waals surface area contributed by atoms with Gasteiger partial charge in [0, 0.05) is 12.2 Å². The van der Waals surface area contributed by atoms with Gasteiger partial charge in [-0.3, -0.25) is 0 Å². The molecule has 0 saturated heterocycles. The molecule has 0 bridgehead atoms. The molecule has 0 spiro atoms. The second kappa shape index (κ2) is 7.31. The Morgan fingerprint density at radius 2 is 1.62 bits per heavy atom. The fourth-order valence-corrected chi connectivity index (χ4v) is 1.61. The van der Waals surface area contributed by atoms with Crippen LogP contribution in [0.4, 0.5) is 10.5 Å². The molecule has 2 aromatic rings. The molecular formula is C16H17NO4. The lowest BCUT2D eigenvalue weighted by atomic mass is 10.3. The number of carbonyl (C=O) groups is 1. The number of para-hydroxylation sites is 1. The molecule has 0 aromatic heterocycles.